The summed E-state index contributed by atoms with van der Waals surface area (Å²) in [5, 5.41) is 16.6. The van der Waals surface area contributed by atoms with Crippen LogP contribution in [0, 0.1) is 5.82 Å². The van der Waals surface area contributed by atoms with Gasteiger partial charge in [0, 0.05) is 37.4 Å². The van der Waals surface area contributed by atoms with E-state index in [0.717, 1.165) is 56.3 Å². The fourth-order valence-corrected chi connectivity index (χ4v) is 4.74. The number of nitrogens with one attached hydrogen (secondary N) is 2. The molecule has 0 bridgehead atoms. The number of hydrogen-bond acceptors (Lipinski definition) is 4. The summed E-state index contributed by atoms with van der Waals surface area (Å²) < 4.78 is 13.2. The minimum absolute atomic E-state index is 0.0160. The van der Waals surface area contributed by atoms with E-state index >= 15 is 0 Å². The van der Waals surface area contributed by atoms with Crippen molar-refractivity contribution in [3.05, 3.63) is 65.5 Å². The Morgan fingerprint density at radius 2 is 1.86 bits per heavy atom. The summed E-state index contributed by atoms with van der Waals surface area (Å²) in [7, 11) is 0. The normalized spacial score (nSPS) is 15.7. The second-order valence-corrected chi connectivity index (χ2v) is 10.6. The molecule has 0 aliphatic carbocycles. The van der Waals surface area contributed by atoms with Crippen molar-refractivity contribution in [3.8, 4) is 0 Å². The third kappa shape index (κ3) is 9.98. The molecule has 1 heterocycles. The molecule has 2 aromatic rings. The zero-order chi connectivity index (χ0) is 25.3. The van der Waals surface area contributed by atoms with Crippen molar-refractivity contribution in [1.82, 2.24) is 10.6 Å². The Hall–Kier alpha value is -2.44. The highest BCUT2D eigenvalue weighted by atomic mass is 19.1. The van der Waals surface area contributed by atoms with Crippen molar-refractivity contribution in [3.63, 3.8) is 0 Å². The number of rotatable bonds is 12. The van der Waals surface area contributed by atoms with Crippen molar-refractivity contribution >= 4 is 11.6 Å². The number of hydrogen-bond donors (Lipinski definition) is 3. The topological polar surface area (TPSA) is 64.6 Å². The molecule has 0 radical (unpaired) electrons. The summed E-state index contributed by atoms with van der Waals surface area (Å²) in [5.74, 6) is -0.264. The van der Waals surface area contributed by atoms with Crippen molar-refractivity contribution in [2.24, 2.45) is 0 Å². The van der Waals surface area contributed by atoms with Crippen LogP contribution in [0.4, 0.5) is 10.1 Å². The maximum atomic E-state index is 13.2. The summed E-state index contributed by atoms with van der Waals surface area (Å²) in [6.45, 7) is 8.54. The van der Waals surface area contributed by atoms with Gasteiger partial charge in [0.1, 0.15) is 5.82 Å². The number of halogens is 1. The molecule has 35 heavy (non-hydrogen) atoms. The van der Waals surface area contributed by atoms with E-state index in [1.54, 1.807) is 6.07 Å². The smallest absolute Gasteiger partial charge is 0.224 e. The highest BCUT2D eigenvalue weighted by Gasteiger charge is 2.21. The molecule has 5 nitrogen and oxygen atoms in total. The average Bonchev–Trinajstić information content (AvgIpc) is 2.79. The summed E-state index contributed by atoms with van der Waals surface area (Å²) in [6.07, 6.45) is 6.16. The van der Waals surface area contributed by atoms with Crippen molar-refractivity contribution in [2.45, 2.75) is 83.4 Å². The summed E-state index contributed by atoms with van der Waals surface area (Å²) in [4.78, 5) is 14.7. The molecule has 1 saturated heterocycles. The van der Waals surface area contributed by atoms with E-state index in [-0.39, 0.29) is 11.7 Å². The Morgan fingerprint density at radius 1 is 1.14 bits per heavy atom. The lowest BCUT2D eigenvalue weighted by atomic mass is 9.98. The van der Waals surface area contributed by atoms with E-state index in [9.17, 15) is 14.3 Å². The van der Waals surface area contributed by atoms with Crippen LogP contribution >= 0.6 is 0 Å². The minimum Gasteiger partial charge on any atom is -0.390 e. The SMILES string of the molecule is C[C@@H](CCCC(C)(C)O)NC1CCN(c2ccc(CC(=O)NCCc3cccc(F)c3)cc2)CC1. The lowest BCUT2D eigenvalue weighted by molar-refractivity contribution is -0.120. The molecule has 1 aliphatic heterocycles. The van der Waals surface area contributed by atoms with Crippen molar-refractivity contribution in [1.29, 1.82) is 0 Å². The molecule has 192 valence electrons. The first-order valence-electron chi connectivity index (χ1n) is 13.0. The number of nitrogens with zero attached hydrogens (tertiary/aromatic N) is 1. The lowest BCUT2D eigenvalue weighted by Crippen LogP contribution is -2.45. The Balaban J connectivity index is 1.35. The van der Waals surface area contributed by atoms with Crippen LogP contribution in [0.25, 0.3) is 0 Å². The first kappa shape index (κ1) is 27.2. The fraction of sp³-hybridized carbons (Fsp3) is 0.552. The van der Waals surface area contributed by atoms with Gasteiger partial charge in [0.15, 0.2) is 0 Å². The third-order valence-electron chi connectivity index (χ3n) is 6.73. The number of benzene rings is 2. The Kier molecular flexibility index (Phi) is 10.1. The van der Waals surface area contributed by atoms with E-state index in [1.807, 2.05) is 32.0 Å². The quantitative estimate of drug-likeness (QED) is 0.412. The maximum absolute atomic E-state index is 13.2. The number of piperidine rings is 1. The van der Waals surface area contributed by atoms with Gasteiger partial charge in [-0.2, -0.15) is 0 Å². The standard InChI is InChI=1S/C29H42FN3O2/c1-22(6-5-16-29(2,3)35)32-26-14-18-33(19-15-26)27-11-9-24(10-12-27)21-28(34)31-17-13-23-7-4-8-25(30)20-23/h4,7-12,20,22,26,32,35H,5-6,13-19,21H2,1-3H3,(H,31,34)/t22-/m0/s1. The van der Waals surface area contributed by atoms with Gasteiger partial charge in [-0.3, -0.25) is 4.79 Å². The van der Waals surface area contributed by atoms with Crippen molar-refractivity contribution < 1.29 is 14.3 Å². The molecule has 1 aliphatic rings. The highest BCUT2D eigenvalue weighted by molar-refractivity contribution is 5.78. The van der Waals surface area contributed by atoms with Gasteiger partial charge in [-0.15, -0.1) is 0 Å². The van der Waals surface area contributed by atoms with Crippen LogP contribution in [-0.2, 0) is 17.6 Å². The summed E-state index contributed by atoms with van der Waals surface area (Å²) in [5.41, 5.74) is 2.51. The van der Waals surface area contributed by atoms with E-state index in [1.165, 1.54) is 17.8 Å². The Morgan fingerprint density at radius 3 is 2.51 bits per heavy atom. The Bertz CT molecular complexity index is 918. The van der Waals surface area contributed by atoms with Gasteiger partial charge in [0.25, 0.3) is 0 Å². The van der Waals surface area contributed by atoms with Gasteiger partial charge in [0.2, 0.25) is 5.91 Å². The van der Waals surface area contributed by atoms with Crippen LogP contribution in [0.3, 0.4) is 0 Å². The monoisotopic (exact) mass is 483 g/mol. The van der Waals surface area contributed by atoms with E-state index < -0.39 is 5.60 Å². The number of aliphatic hydroxyl groups is 1. The molecular formula is C29H42FN3O2. The van der Waals surface area contributed by atoms with Gasteiger partial charge in [0.05, 0.1) is 12.0 Å². The first-order valence-corrected chi connectivity index (χ1v) is 13.0. The van der Waals surface area contributed by atoms with Crippen LogP contribution in [0.1, 0.15) is 64.0 Å². The van der Waals surface area contributed by atoms with Gasteiger partial charge in [-0.05, 0) is 94.7 Å². The van der Waals surface area contributed by atoms with Crippen LogP contribution in [0.15, 0.2) is 48.5 Å². The van der Waals surface area contributed by atoms with Gasteiger partial charge >= 0.3 is 0 Å². The summed E-state index contributed by atoms with van der Waals surface area (Å²) >= 11 is 0. The molecule has 0 unspecified atom stereocenters. The summed E-state index contributed by atoms with van der Waals surface area (Å²) in [6, 6.07) is 15.8. The molecule has 0 spiro atoms. The number of carbonyl (C=O) groups is 1. The van der Waals surface area contributed by atoms with Gasteiger partial charge in [-0.25, -0.2) is 4.39 Å². The fourth-order valence-electron chi connectivity index (χ4n) is 4.74. The van der Waals surface area contributed by atoms with E-state index in [0.29, 0.717) is 31.5 Å². The van der Waals surface area contributed by atoms with Gasteiger partial charge in [-0.1, -0.05) is 24.3 Å². The molecule has 6 heteroatoms. The predicted molar refractivity (Wildman–Crippen MR) is 141 cm³/mol. The zero-order valence-electron chi connectivity index (χ0n) is 21.5. The molecule has 2 aromatic carbocycles. The molecule has 1 amide bonds. The average molecular weight is 484 g/mol. The second-order valence-electron chi connectivity index (χ2n) is 10.6. The number of carbonyl (C=O) groups excluding carboxylic acids is 1. The van der Waals surface area contributed by atoms with Crippen molar-refractivity contribution in [2.75, 3.05) is 24.5 Å². The first-order chi connectivity index (χ1) is 16.7. The lowest BCUT2D eigenvalue weighted by Gasteiger charge is -2.35. The van der Waals surface area contributed by atoms with Crippen LogP contribution in [0.2, 0.25) is 0 Å². The third-order valence-corrected chi connectivity index (χ3v) is 6.73. The molecule has 3 N–H and O–H groups in total. The molecule has 0 saturated carbocycles. The Labute approximate surface area is 210 Å². The second kappa shape index (κ2) is 13.0. The molecule has 1 atom stereocenters. The zero-order valence-corrected chi connectivity index (χ0v) is 21.5. The van der Waals surface area contributed by atoms with E-state index in [4.69, 9.17) is 0 Å². The highest BCUT2D eigenvalue weighted by Crippen LogP contribution is 2.22. The minimum atomic E-state index is -0.575. The molecule has 0 aromatic heterocycles. The molecule has 3 rings (SSSR count). The van der Waals surface area contributed by atoms with Crippen LogP contribution in [0.5, 0.6) is 0 Å². The molecular weight excluding hydrogens is 441 g/mol. The molecule has 1 fully saturated rings. The predicted octanol–water partition coefficient (Wildman–Crippen LogP) is 4.62. The van der Waals surface area contributed by atoms with Crippen LogP contribution in [-0.4, -0.2) is 48.3 Å². The number of anilines is 1. The van der Waals surface area contributed by atoms with Gasteiger partial charge < -0.3 is 20.6 Å². The largest absolute Gasteiger partial charge is 0.390 e. The van der Waals surface area contributed by atoms with Crippen LogP contribution < -0.4 is 15.5 Å². The maximum Gasteiger partial charge on any atom is 0.224 e. The van der Waals surface area contributed by atoms with E-state index in [2.05, 4.69) is 34.6 Å². The number of amides is 1.